The number of nitrogen functional groups attached to an aromatic ring is 1. The first-order valence-corrected chi connectivity index (χ1v) is 6.05. The molecule has 2 rings (SSSR count). The molecule has 0 saturated carbocycles. The van der Waals surface area contributed by atoms with Crippen molar-refractivity contribution in [2.45, 2.75) is 6.18 Å². The molecule has 2 aromatic rings. The van der Waals surface area contributed by atoms with E-state index in [0.29, 0.717) is 0 Å². The summed E-state index contributed by atoms with van der Waals surface area (Å²) in [7, 11) is 0. The Balaban J connectivity index is 2.23. The van der Waals surface area contributed by atoms with Crippen molar-refractivity contribution >= 4 is 29.0 Å². The van der Waals surface area contributed by atoms with Crippen LogP contribution in [-0.4, -0.2) is 10.9 Å². The number of benzene rings is 1. The van der Waals surface area contributed by atoms with Crippen molar-refractivity contribution < 1.29 is 18.0 Å². The lowest BCUT2D eigenvalue weighted by Crippen LogP contribution is -2.13. The molecule has 0 spiro atoms. The molecule has 21 heavy (non-hydrogen) atoms. The van der Waals surface area contributed by atoms with Gasteiger partial charge in [-0.1, -0.05) is 17.7 Å². The van der Waals surface area contributed by atoms with Crippen LogP contribution in [0.4, 0.5) is 24.7 Å². The van der Waals surface area contributed by atoms with Gasteiger partial charge in [-0.3, -0.25) is 4.79 Å². The average molecular weight is 316 g/mol. The maximum Gasteiger partial charge on any atom is 0.416 e. The minimum Gasteiger partial charge on any atom is -0.384 e. The lowest BCUT2D eigenvalue weighted by Gasteiger charge is -2.10. The van der Waals surface area contributed by atoms with Gasteiger partial charge in [0.2, 0.25) is 0 Å². The van der Waals surface area contributed by atoms with Gasteiger partial charge >= 0.3 is 6.18 Å². The second kappa shape index (κ2) is 5.61. The van der Waals surface area contributed by atoms with Crippen LogP contribution in [0.15, 0.2) is 36.4 Å². The fraction of sp³-hybridized carbons (Fsp3) is 0.0769. The summed E-state index contributed by atoms with van der Waals surface area (Å²) >= 11 is 5.66. The SMILES string of the molecule is Nc1cc(C(=O)Nc2cccc(C(F)(F)F)c2)cc(Cl)n1. The number of nitrogens with two attached hydrogens (primary N) is 1. The molecule has 0 aliphatic rings. The van der Waals surface area contributed by atoms with Crippen LogP contribution in [0, 0.1) is 0 Å². The summed E-state index contributed by atoms with van der Waals surface area (Å²) in [6.07, 6.45) is -4.48. The third-order valence-electron chi connectivity index (χ3n) is 2.52. The summed E-state index contributed by atoms with van der Waals surface area (Å²) in [4.78, 5) is 15.6. The number of nitrogens with one attached hydrogen (secondary N) is 1. The number of carbonyl (C=O) groups is 1. The predicted octanol–water partition coefficient (Wildman–Crippen LogP) is 3.59. The Morgan fingerprint density at radius 3 is 2.57 bits per heavy atom. The maximum atomic E-state index is 12.6. The summed E-state index contributed by atoms with van der Waals surface area (Å²) in [5, 5.41) is 2.36. The minimum atomic E-state index is -4.48. The Labute approximate surface area is 122 Å². The summed E-state index contributed by atoms with van der Waals surface area (Å²) in [6.45, 7) is 0. The van der Waals surface area contributed by atoms with E-state index in [0.717, 1.165) is 12.1 Å². The van der Waals surface area contributed by atoms with Gasteiger partial charge < -0.3 is 11.1 Å². The lowest BCUT2D eigenvalue weighted by molar-refractivity contribution is -0.137. The third-order valence-corrected chi connectivity index (χ3v) is 2.72. The van der Waals surface area contributed by atoms with Gasteiger partial charge in [-0.25, -0.2) is 4.98 Å². The largest absolute Gasteiger partial charge is 0.416 e. The van der Waals surface area contributed by atoms with Crippen molar-refractivity contribution in [3.8, 4) is 0 Å². The third kappa shape index (κ3) is 3.85. The lowest BCUT2D eigenvalue weighted by atomic mass is 10.2. The molecule has 0 fully saturated rings. The molecule has 0 saturated heterocycles. The second-order valence-electron chi connectivity index (χ2n) is 4.14. The van der Waals surface area contributed by atoms with Gasteiger partial charge in [0.05, 0.1) is 5.56 Å². The molecule has 4 nitrogen and oxygen atoms in total. The van der Waals surface area contributed by atoms with Crippen molar-refractivity contribution in [3.05, 3.63) is 52.7 Å². The number of hydrogen-bond donors (Lipinski definition) is 2. The molecule has 0 atom stereocenters. The van der Waals surface area contributed by atoms with Crippen molar-refractivity contribution in [2.75, 3.05) is 11.1 Å². The topological polar surface area (TPSA) is 68.0 Å². The van der Waals surface area contributed by atoms with Gasteiger partial charge in [0.15, 0.2) is 0 Å². The van der Waals surface area contributed by atoms with Crippen LogP contribution in [0.3, 0.4) is 0 Å². The van der Waals surface area contributed by atoms with Gasteiger partial charge in [0, 0.05) is 11.3 Å². The van der Waals surface area contributed by atoms with Crippen molar-refractivity contribution in [1.29, 1.82) is 0 Å². The van der Waals surface area contributed by atoms with Gasteiger partial charge in [-0.05, 0) is 30.3 Å². The van der Waals surface area contributed by atoms with Crippen LogP contribution in [0.2, 0.25) is 5.15 Å². The normalized spacial score (nSPS) is 11.2. The van der Waals surface area contributed by atoms with E-state index in [1.807, 2.05) is 0 Å². The number of aromatic nitrogens is 1. The van der Waals surface area contributed by atoms with E-state index in [1.165, 1.54) is 24.3 Å². The smallest absolute Gasteiger partial charge is 0.384 e. The Bertz CT molecular complexity index is 668. The molecule has 0 radical (unpaired) electrons. The Kier molecular flexibility index (Phi) is 4.04. The van der Waals surface area contributed by atoms with E-state index in [1.54, 1.807) is 0 Å². The Morgan fingerprint density at radius 1 is 1.24 bits per heavy atom. The number of amides is 1. The highest BCUT2D eigenvalue weighted by molar-refractivity contribution is 6.30. The Hall–Kier alpha value is -2.28. The van der Waals surface area contributed by atoms with Crippen LogP contribution >= 0.6 is 11.6 Å². The number of pyridine rings is 1. The first-order valence-electron chi connectivity index (χ1n) is 5.67. The molecule has 1 heterocycles. The highest BCUT2D eigenvalue weighted by Gasteiger charge is 2.30. The number of carbonyl (C=O) groups excluding carboxylic acids is 1. The Morgan fingerprint density at radius 2 is 1.95 bits per heavy atom. The molecule has 0 unspecified atom stereocenters. The van der Waals surface area contributed by atoms with Crippen LogP contribution in [0.5, 0.6) is 0 Å². The first-order chi connectivity index (χ1) is 9.75. The van der Waals surface area contributed by atoms with E-state index in [2.05, 4.69) is 10.3 Å². The molecular formula is C13H9ClF3N3O. The molecule has 0 aliphatic carbocycles. The van der Waals surface area contributed by atoms with Gasteiger partial charge in [-0.2, -0.15) is 13.2 Å². The number of halogens is 4. The number of hydrogen-bond acceptors (Lipinski definition) is 3. The minimum absolute atomic E-state index is 0.0151. The van der Waals surface area contributed by atoms with E-state index in [4.69, 9.17) is 17.3 Å². The summed E-state index contributed by atoms with van der Waals surface area (Å²) in [5.74, 6) is -0.595. The quantitative estimate of drug-likeness (QED) is 0.832. The van der Waals surface area contributed by atoms with E-state index >= 15 is 0 Å². The van der Waals surface area contributed by atoms with Crippen LogP contribution in [0.25, 0.3) is 0 Å². The van der Waals surface area contributed by atoms with E-state index in [-0.39, 0.29) is 22.2 Å². The van der Waals surface area contributed by atoms with Crippen LogP contribution < -0.4 is 11.1 Å². The molecule has 1 aromatic carbocycles. The number of alkyl halides is 3. The number of rotatable bonds is 2. The number of anilines is 2. The zero-order valence-corrected chi connectivity index (χ0v) is 11.2. The maximum absolute atomic E-state index is 12.6. The highest BCUT2D eigenvalue weighted by Crippen LogP contribution is 2.30. The standard InChI is InChI=1S/C13H9ClF3N3O/c14-10-4-7(5-11(18)20-10)12(21)19-9-3-1-2-8(6-9)13(15,16)17/h1-6H,(H2,18,20)(H,19,21). The molecule has 110 valence electrons. The van der Waals surface area contributed by atoms with Gasteiger partial charge in [0.25, 0.3) is 5.91 Å². The fourth-order valence-corrected chi connectivity index (χ4v) is 1.84. The molecule has 3 N–H and O–H groups in total. The molecular weight excluding hydrogens is 307 g/mol. The van der Waals surface area contributed by atoms with Gasteiger partial charge in [0.1, 0.15) is 11.0 Å². The van der Waals surface area contributed by atoms with Crippen LogP contribution in [-0.2, 0) is 6.18 Å². The summed E-state index contributed by atoms with van der Waals surface area (Å²) in [6, 6.07) is 6.84. The van der Waals surface area contributed by atoms with Crippen molar-refractivity contribution in [1.82, 2.24) is 4.98 Å². The zero-order valence-electron chi connectivity index (χ0n) is 10.4. The number of nitrogens with zero attached hydrogens (tertiary/aromatic N) is 1. The van der Waals surface area contributed by atoms with Crippen molar-refractivity contribution in [3.63, 3.8) is 0 Å². The fourth-order valence-electron chi connectivity index (χ4n) is 1.62. The van der Waals surface area contributed by atoms with E-state index in [9.17, 15) is 18.0 Å². The molecule has 1 aromatic heterocycles. The van der Waals surface area contributed by atoms with Gasteiger partial charge in [-0.15, -0.1) is 0 Å². The first kappa shape index (κ1) is 15.1. The monoisotopic (exact) mass is 315 g/mol. The van der Waals surface area contributed by atoms with Crippen LogP contribution in [0.1, 0.15) is 15.9 Å². The zero-order chi connectivity index (χ0) is 15.6. The second-order valence-corrected chi connectivity index (χ2v) is 4.52. The predicted molar refractivity (Wildman–Crippen MR) is 73.1 cm³/mol. The molecule has 1 amide bonds. The summed E-state index contributed by atoms with van der Waals surface area (Å²) < 4.78 is 37.7. The molecule has 8 heteroatoms. The average Bonchev–Trinajstić information content (AvgIpc) is 2.37. The highest BCUT2D eigenvalue weighted by atomic mass is 35.5. The summed E-state index contributed by atoms with van der Waals surface area (Å²) in [5.41, 5.74) is 4.71. The molecule has 0 bridgehead atoms. The van der Waals surface area contributed by atoms with Crippen molar-refractivity contribution in [2.24, 2.45) is 0 Å². The molecule has 0 aliphatic heterocycles. The van der Waals surface area contributed by atoms with E-state index < -0.39 is 17.6 Å².